The predicted molar refractivity (Wildman–Crippen MR) is 66.5 cm³/mol. The highest BCUT2D eigenvalue weighted by molar-refractivity contribution is 5.82. The molecule has 0 aliphatic heterocycles. The molecule has 3 rings (SSSR count). The van der Waals surface area contributed by atoms with E-state index in [1.165, 1.54) is 6.07 Å². The van der Waals surface area contributed by atoms with Crippen molar-refractivity contribution in [2.45, 2.75) is 6.18 Å². The van der Waals surface area contributed by atoms with Gasteiger partial charge in [-0.3, -0.25) is 0 Å². The number of H-pyrrole nitrogens is 1. The Hall–Kier alpha value is -2.30. The van der Waals surface area contributed by atoms with Gasteiger partial charge in [-0.1, -0.05) is 12.1 Å². The molecule has 1 N–H and O–H groups in total. The number of alkyl halides is 3. The lowest BCUT2D eigenvalue weighted by Crippen LogP contribution is -2.04. The van der Waals surface area contributed by atoms with Gasteiger partial charge in [0.1, 0.15) is 5.65 Å². The Balaban J connectivity index is 2.11. The Bertz CT molecular complexity index is 696. The van der Waals surface area contributed by atoms with Gasteiger partial charge in [0.15, 0.2) is 0 Å². The number of hydrogen-bond acceptors (Lipinski definition) is 1. The lowest BCUT2D eigenvalue weighted by atomic mass is 10.1. The van der Waals surface area contributed by atoms with Gasteiger partial charge in [-0.25, -0.2) is 4.98 Å². The van der Waals surface area contributed by atoms with Crippen LogP contribution >= 0.6 is 0 Å². The first-order chi connectivity index (χ1) is 9.04. The van der Waals surface area contributed by atoms with Crippen LogP contribution in [-0.2, 0) is 6.18 Å². The summed E-state index contributed by atoms with van der Waals surface area (Å²) in [6.45, 7) is 0. The zero-order chi connectivity index (χ0) is 13.5. The number of halogens is 3. The van der Waals surface area contributed by atoms with Crippen LogP contribution in [0, 0.1) is 0 Å². The maximum atomic E-state index is 12.7. The smallest absolute Gasteiger partial charge is 0.339 e. The van der Waals surface area contributed by atoms with Crippen molar-refractivity contribution in [1.29, 1.82) is 0 Å². The van der Waals surface area contributed by atoms with Crippen LogP contribution in [-0.4, -0.2) is 9.97 Å². The molecule has 3 aromatic rings. The molecule has 0 amide bonds. The molecule has 0 fully saturated rings. The number of nitrogens with one attached hydrogen (secondary N) is 1. The molecule has 0 aliphatic rings. The second-order valence-corrected chi connectivity index (χ2v) is 4.20. The Labute approximate surface area is 106 Å². The van der Waals surface area contributed by atoms with Gasteiger partial charge >= 0.3 is 6.18 Å². The summed E-state index contributed by atoms with van der Waals surface area (Å²) in [5.41, 5.74) is 1.12. The van der Waals surface area contributed by atoms with Crippen molar-refractivity contribution in [1.82, 2.24) is 9.97 Å². The number of benzene rings is 1. The molecule has 0 spiro atoms. The minimum atomic E-state index is -4.33. The molecule has 0 aliphatic carbocycles. The second kappa shape index (κ2) is 4.12. The number of rotatable bonds is 1. The van der Waals surface area contributed by atoms with E-state index in [9.17, 15) is 13.2 Å². The molecule has 0 atom stereocenters. The van der Waals surface area contributed by atoms with Crippen LogP contribution in [0.3, 0.4) is 0 Å². The third-order valence-electron chi connectivity index (χ3n) is 2.89. The monoisotopic (exact) mass is 262 g/mol. The van der Waals surface area contributed by atoms with Crippen LogP contribution in [0.25, 0.3) is 22.3 Å². The molecule has 0 unspecified atom stereocenters. The highest BCUT2D eigenvalue weighted by Gasteiger charge is 2.30. The maximum absolute atomic E-state index is 12.7. The van der Waals surface area contributed by atoms with Gasteiger partial charge in [0.25, 0.3) is 0 Å². The van der Waals surface area contributed by atoms with Crippen molar-refractivity contribution < 1.29 is 13.2 Å². The normalized spacial score (nSPS) is 11.9. The molecule has 0 saturated heterocycles. The Morgan fingerprint density at radius 3 is 2.58 bits per heavy atom. The highest BCUT2D eigenvalue weighted by Crippen LogP contribution is 2.32. The molecule has 2 heterocycles. The van der Waals surface area contributed by atoms with E-state index in [1.54, 1.807) is 24.4 Å². The van der Waals surface area contributed by atoms with Crippen LogP contribution in [0.4, 0.5) is 13.2 Å². The third-order valence-corrected chi connectivity index (χ3v) is 2.89. The average molecular weight is 262 g/mol. The molecule has 0 bridgehead atoms. The minimum Gasteiger partial charge on any atom is -0.339 e. The van der Waals surface area contributed by atoms with E-state index in [2.05, 4.69) is 9.97 Å². The Morgan fingerprint density at radius 2 is 1.84 bits per heavy atom. The molecule has 5 heteroatoms. The van der Waals surface area contributed by atoms with Crippen LogP contribution in [0.5, 0.6) is 0 Å². The van der Waals surface area contributed by atoms with Crippen molar-refractivity contribution in [2.24, 2.45) is 0 Å². The molecule has 0 saturated carbocycles. The van der Waals surface area contributed by atoms with E-state index in [-0.39, 0.29) is 0 Å². The molecule has 1 aromatic carbocycles. The summed E-state index contributed by atoms with van der Waals surface area (Å²) in [4.78, 5) is 7.13. The predicted octanol–water partition coefficient (Wildman–Crippen LogP) is 4.25. The van der Waals surface area contributed by atoms with Crippen molar-refractivity contribution in [2.75, 3.05) is 0 Å². The van der Waals surface area contributed by atoms with Crippen LogP contribution in [0.15, 0.2) is 48.7 Å². The van der Waals surface area contributed by atoms with E-state index in [4.69, 9.17) is 0 Å². The van der Waals surface area contributed by atoms with Gasteiger partial charge in [-0.15, -0.1) is 0 Å². The van der Waals surface area contributed by atoms with Gasteiger partial charge in [0, 0.05) is 17.3 Å². The van der Waals surface area contributed by atoms with Gasteiger partial charge in [-0.2, -0.15) is 13.2 Å². The standard InChI is InChI=1S/C14H9F3N2/c15-14(16,17)11-5-1-3-9(7-11)12-8-10-4-2-6-18-13(10)19-12/h1-8H,(H,18,19). The maximum Gasteiger partial charge on any atom is 0.416 e. The second-order valence-electron chi connectivity index (χ2n) is 4.20. The van der Waals surface area contributed by atoms with Crippen molar-refractivity contribution in [3.05, 3.63) is 54.2 Å². The Morgan fingerprint density at radius 1 is 1.00 bits per heavy atom. The minimum absolute atomic E-state index is 0.493. The van der Waals surface area contributed by atoms with Gasteiger partial charge < -0.3 is 4.98 Å². The summed E-state index contributed by atoms with van der Waals surface area (Å²) in [6.07, 6.45) is -2.70. The van der Waals surface area contributed by atoms with E-state index in [0.29, 0.717) is 16.9 Å². The molecule has 96 valence electrons. The van der Waals surface area contributed by atoms with Gasteiger partial charge in [0.2, 0.25) is 0 Å². The van der Waals surface area contributed by atoms with Crippen LogP contribution < -0.4 is 0 Å². The summed E-state index contributed by atoms with van der Waals surface area (Å²) in [5.74, 6) is 0. The number of fused-ring (bicyclic) bond motifs is 1. The van der Waals surface area contributed by atoms with Crippen molar-refractivity contribution >= 4 is 11.0 Å². The third kappa shape index (κ3) is 2.19. The zero-order valence-electron chi connectivity index (χ0n) is 9.70. The van der Waals surface area contributed by atoms with Gasteiger partial charge in [0.05, 0.1) is 5.56 Å². The number of aromatic amines is 1. The fourth-order valence-corrected chi connectivity index (χ4v) is 1.98. The van der Waals surface area contributed by atoms with Gasteiger partial charge in [-0.05, 0) is 35.9 Å². The molecule has 0 radical (unpaired) electrons. The first-order valence-corrected chi connectivity index (χ1v) is 5.65. The van der Waals surface area contributed by atoms with Crippen LogP contribution in [0.2, 0.25) is 0 Å². The van der Waals surface area contributed by atoms with Crippen LogP contribution in [0.1, 0.15) is 5.56 Å². The molecule has 2 aromatic heterocycles. The fourth-order valence-electron chi connectivity index (χ4n) is 1.98. The van der Waals surface area contributed by atoms with E-state index in [1.807, 2.05) is 6.07 Å². The van der Waals surface area contributed by atoms with Crippen molar-refractivity contribution in [3.63, 3.8) is 0 Å². The lowest BCUT2D eigenvalue weighted by Gasteiger charge is -2.07. The summed E-state index contributed by atoms with van der Waals surface area (Å²) in [5, 5.41) is 0.870. The summed E-state index contributed by atoms with van der Waals surface area (Å²) in [6, 6.07) is 10.7. The molecule has 2 nitrogen and oxygen atoms in total. The summed E-state index contributed by atoms with van der Waals surface area (Å²) < 4.78 is 38.0. The lowest BCUT2D eigenvalue weighted by molar-refractivity contribution is -0.137. The summed E-state index contributed by atoms with van der Waals surface area (Å²) in [7, 11) is 0. The largest absolute Gasteiger partial charge is 0.416 e. The first kappa shape index (κ1) is 11.8. The number of nitrogens with zero attached hydrogens (tertiary/aromatic N) is 1. The SMILES string of the molecule is FC(F)(F)c1cccc(-c2cc3cccnc3[nH]2)c1. The average Bonchev–Trinajstić information content (AvgIpc) is 2.81. The number of aromatic nitrogens is 2. The quantitative estimate of drug-likeness (QED) is 0.697. The Kier molecular flexibility index (Phi) is 2.55. The van der Waals surface area contributed by atoms with E-state index in [0.717, 1.165) is 17.5 Å². The molecule has 19 heavy (non-hydrogen) atoms. The van der Waals surface area contributed by atoms with Crippen molar-refractivity contribution in [3.8, 4) is 11.3 Å². The van der Waals surface area contributed by atoms with E-state index < -0.39 is 11.7 Å². The summed E-state index contributed by atoms with van der Waals surface area (Å²) >= 11 is 0. The molecular formula is C14H9F3N2. The first-order valence-electron chi connectivity index (χ1n) is 5.65. The fraction of sp³-hybridized carbons (Fsp3) is 0.0714. The topological polar surface area (TPSA) is 28.7 Å². The zero-order valence-corrected chi connectivity index (χ0v) is 9.70. The molecular weight excluding hydrogens is 253 g/mol. The highest BCUT2D eigenvalue weighted by atomic mass is 19.4. The number of pyridine rings is 1. The van der Waals surface area contributed by atoms with E-state index >= 15 is 0 Å². The number of hydrogen-bond donors (Lipinski definition) is 1.